The lowest BCUT2D eigenvalue weighted by Crippen LogP contribution is -2.24. The molecule has 1 rings (SSSR count). The highest BCUT2D eigenvalue weighted by molar-refractivity contribution is 7.10. The van der Waals surface area contributed by atoms with Crippen molar-refractivity contribution in [1.82, 2.24) is 5.32 Å². The second-order valence-corrected chi connectivity index (χ2v) is 4.18. The van der Waals surface area contributed by atoms with E-state index in [4.69, 9.17) is 0 Å². The smallest absolute Gasteiger partial charge is 0.227 e. The van der Waals surface area contributed by atoms with Crippen LogP contribution in [0.3, 0.4) is 0 Å². The summed E-state index contributed by atoms with van der Waals surface area (Å²) in [6.45, 7) is 3.94. The number of ketones is 1. The topological polar surface area (TPSA) is 46.2 Å². The van der Waals surface area contributed by atoms with Gasteiger partial charge in [-0.3, -0.25) is 9.59 Å². The van der Waals surface area contributed by atoms with Crippen LogP contribution in [0.4, 0.5) is 0 Å². The van der Waals surface area contributed by atoms with E-state index < -0.39 is 0 Å². The summed E-state index contributed by atoms with van der Waals surface area (Å²) in [6.07, 6.45) is -0.0234. The van der Waals surface area contributed by atoms with Crippen LogP contribution in [-0.2, 0) is 16.1 Å². The number of thiophene rings is 1. The molecule has 0 saturated carbocycles. The molecule has 3 nitrogen and oxygen atoms in total. The highest BCUT2D eigenvalue weighted by atomic mass is 32.1. The lowest BCUT2D eigenvalue weighted by atomic mass is 10.2. The number of nitrogens with one attached hydrogen (secondary N) is 1. The Kier molecular flexibility index (Phi) is 3.83. The summed E-state index contributed by atoms with van der Waals surface area (Å²) in [5.74, 6) is -0.310. The highest BCUT2D eigenvalue weighted by Gasteiger charge is 2.05. The van der Waals surface area contributed by atoms with Crippen LogP contribution in [0.1, 0.15) is 23.8 Å². The van der Waals surface area contributed by atoms with Crippen molar-refractivity contribution in [2.24, 2.45) is 0 Å². The van der Waals surface area contributed by atoms with Gasteiger partial charge in [-0.05, 0) is 30.9 Å². The molecule has 0 fully saturated rings. The Balaban J connectivity index is 2.38. The fourth-order valence-corrected chi connectivity index (χ4v) is 1.90. The SMILES string of the molecule is CC(=O)CC(=O)NCc1sccc1C. The largest absolute Gasteiger partial charge is 0.351 e. The maximum Gasteiger partial charge on any atom is 0.227 e. The van der Waals surface area contributed by atoms with Gasteiger partial charge < -0.3 is 5.32 Å². The number of amides is 1. The zero-order valence-electron chi connectivity index (χ0n) is 8.29. The molecule has 1 N–H and O–H groups in total. The van der Waals surface area contributed by atoms with Crippen LogP contribution in [0.25, 0.3) is 0 Å². The minimum Gasteiger partial charge on any atom is -0.351 e. The summed E-state index contributed by atoms with van der Waals surface area (Å²) >= 11 is 1.61. The van der Waals surface area contributed by atoms with E-state index in [9.17, 15) is 9.59 Å². The molecule has 1 amide bonds. The Morgan fingerprint density at radius 3 is 2.71 bits per heavy atom. The summed E-state index contributed by atoms with van der Waals surface area (Å²) in [5.41, 5.74) is 1.18. The zero-order chi connectivity index (χ0) is 10.6. The van der Waals surface area contributed by atoms with Crippen molar-refractivity contribution >= 4 is 23.0 Å². The van der Waals surface area contributed by atoms with Crippen LogP contribution in [0, 0.1) is 6.92 Å². The Morgan fingerprint density at radius 2 is 2.21 bits per heavy atom. The molecule has 1 heterocycles. The van der Waals surface area contributed by atoms with Gasteiger partial charge in [0.2, 0.25) is 5.91 Å². The molecular weight excluding hydrogens is 198 g/mol. The van der Waals surface area contributed by atoms with Crippen molar-refractivity contribution in [1.29, 1.82) is 0 Å². The summed E-state index contributed by atoms with van der Waals surface area (Å²) in [6, 6.07) is 2.01. The molecule has 1 aromatic heterocycles. The van der Waals surface area contributed by atoms with E-state index in [1.807, 2.05) is 18.4 Å². The van der Waals surface area contributed by atoms with Crippen molar-refractivity contribution in [2.75, 3.05) is 0 Å². The van der Waals surface area contributed by atoms with E-state index in [2.05, 4.69) is 5.32 Å². The van der Waals surface area contributed by atoms with Crippen LogP contribution in [0.5, 0.6) is 0 Å². The van der Waals surface area contributed by atoms with Crippen LogP contribution >= 0.6 is 11.3 Å². The van der Waals surface area contributed by atoms with Gasteiger partial charge >= 0.3 is 0 Å². The molecule has 14 heavy (non-hydrogen) atoms. The molecular formula is C10H13NO2S. The van der Waals surface area contributed by atoms with Crippen molar-refractivity contribution in [3.63, 3.8) is 0 Å². The summed E-state index contributed by atoms with van der Waals surface area (Å²) < 4.78 is 0. The minimum atomic E-state index is -0.203. The second kappa shape index (κ2) is 4.91. The first kappa shape index (κ1) is 10.9. The number of carbonyl (C=O) groups is 2. The Labute approximate surface area is 87.1 Å². The lowest BCUT2D eigenvalue weighted by Gasteiger charge is -2.02. The number of Topliss-reactive ketones (excluding diaryl/α,β-unsaturated/α-hetero) is 1. The van der Waals surface area contributed by atoms with Gasteiger partial charge in [-0.25, -0.2) is 0 Å². The molecule has 0 saturated heterocycles. The first-order valence-corrected chi connectivity index (χ1v) is 5.26. The van der Waals surface area contributed by atoms with E-state index in [0.29, 0.717) is 6.54 Å². The van der Waals surface area contributed by atoms with Gasteiger partial charge in [-0.15, -0.1) is 11.3 Å². The Morgan fingerprint density at radius 1 is 1.50 bits per heavy atom. The predicted octanol–water partition coefficient (Wildman–Crippen LogP) is 1.65. The number of hydrogen-bond donors (Lipinski definition) is 1. The summed E-state index contributed by atoms with van der Waals surface area (Å²) in [4.78, 5) is 22.9. The monoisotopic (exact) mass is 211 g/mol. The zero-order valence-corrected chi connectivity index (χ0v) is 9.11. The first-order chi connectivity index (χ1) is 6.59. The summed E-state index contributed by atoms with van der Waals surface area (Å²) in [5, 5.41) is 4.70. The quantitative estimate of drug-likeness (QED) is 0.770. The molecule has 76 valence electrons. The molecule has 4 heteroatoms. The number of rotatable bonds is 4. The van der Waals surface area contributed by atoms with E-state index in [1.54, 1.807) is 11.3 Å². The molecule has 0 aliphatic carbocycles. The molecule has 0 bridgehead atoms. The standard InChI is InChI=1S/C10H13NO2S/c1-7-3-4-14-9(7)6-11-10(13)5-8(2)12/h3-4H,5-6H2,1-2H3,(H,11,13). The number of carbonyl (C=O) groups excluding carboxylic acids is 2. The van der Waals surface area contributed by atoms with Crippen molar-refractivity contribution in [2.45, 2.75) is 26.8 Å². The van der Waals surface area contributed by atoms with E-state index in [-0.39, 0.29) is 18.1 Å². The fraction of sp³-hybridized carbons (Fsp3) is 0.400. The van der Waals surface area contributed by atoms with Crippen LogP contribution < -0.4 is 5.32 Å². The Hall–Kier alpha value is -1.16. The first-order valence-electron chi connectivity index (χ1n) is 4.38. The average molecular weight is 211 g/mol. The van der Waals surface area contributed by atoms with Crippen molar-refractivity contribution in [3.8, 4) is 0 Å². The van der Waals surface area contributed by atoms with Crippen molar-refractivity contribution in [3.05, 3.63) is 21.9 Å². The van der Waals surface area contributed by atoms with E-state index in [1.165, 1.54) is 12.5 Å². The maximum atomic E-state index is 11.1. The number of hydrogen-bond acceptors (Lipinski definition) is 3. The van der Waals surface area contributed by atoms with Gasteiger partial charge in [0.25, 0.3) is 0 Å². The summed E-state index contributed by atoms with van der Waals surface area (Å²) in [7, 11) is 0. The molecule has 0 spiro atoms. The third-order valence-corrected chi connectivity index (χ3v) is 2.85. The van der Waals surface area contributed by atoms with E-state index in [0.717, 1.165) is 4.88 Å². The van der Waals surface area contributed by atoms with Crippen LogP contribution in [0.2, 0.25) is 0 Å². The minimum absolute atomic E-state index is 0.0234. The molecule has 0 atom stereocenters. The lowest BCUT2D eigenvalue weighted by molar-refractivity contribution is -0.127. The van der Waals surface area contributed by atoms with Crippen molar-refractivity contribution < 1.29 is 9.59 Å². The molecule has 0 radical (unpaired) electrons. The highest BCUT2D eigenvalue weighted by Crippen LogP contribution is 2.14. The van der Waals surface area contributed by atoms with Crippen LogP contribution in [0.15, 0.2) is 11.4 Å². The maximum absolute atomic E-state index is 11.1. The molecule has 0 unspecified atom stereocenters. The van der Waals surface area contributed by atoms with Gasteiger partial charge in [0.1, 0.15) is 5.78 Å². The van der Waals surface area contributed by atoms with Gasteiger partial charge in [-0.2, -0.15) is 0 Å². The second-order valence-electron chi connectivity index (χ2n) is 3.18. The van der Waals surface area contributed by atoms with E-state index >= 15 is 0 Å². The fourth-order valence-electron chi connectivity index (χ4n) is 1.05. The molecule has 0 aliphatic heterocycles. The molecule has 0 aromatic carbocycles. The third kappa shape index (κ3) is 3.30. The number of aryl methyl sites for hydroxylation is 1. The normalized spacial score (nSPS) is 9.86. The van der Waals surface area contributed by atoms with Gasteiger partial charge in [0.05, 0.1) is 13.0 Å². The Bertz CT molecular complexity index is 344. The van der Waals surface area contributed by atoms with Crippen LogP contribution in [-0.4, -0.2) is 11.7 Å². The molecule has 1 aromatic rings. The third-order valence-electron chi connectivity index (χ3n) is 1.82. The predicted molar refractivity (Wildman–Crippen MR) is 56.2 cm³/mol. The van der Waals surface area contributed by atoms with Gasteiger partial charge in [-0.1, -0.05) is 0 Å². The van der Waals surface area contributed by atoms with Gasteiger partial charge in [0, 0.05) is 4.88 Å². The van der Waals surface area contributed by atoms with Gasteiger partial charge in [0.15, 0.2) is 0 Å². The average Bonchev–Trinajstić information content (AvgIpc) is 2.46. The molecule has 0 aliphatic rings.